The van der Waals surface area contributed by atoms with E-state index in [2.05, 4.69) is 15.3 Å². The number of nitrogens with one attached hydrogen (secondary N) is 1. The number of hydrogen-bond donors (Lipinski definition) is 1. The number of aromatic nitrogens is 2. The predicted molar refractivity (Wildman–Crippen MR) is 111 cm³/mol. The number of carbonyl (C=O) groups is 1. The number of fused-ring (bicyclic) bond motifs is 1. The summed E-state index contributed by atoms with van der Waals surface area (Å²) in [7, 11) is 1.83. The highest BCUT2D eigenvalue weighted by molar-refractivity contribution is 7.18. The largest absolute Gasteiger partial charge is 0.444 e. The quantitative estimate of drug-likeness (QED) is 0.619. The number of hydrogen-bond acceptors (Lipinski definition) is 6. The van der Waals surface area contributed by atoms with Crippen LogP contribution in [-0.4, -0.2) is 47.0 Å². The number of nitrogens with zero attached hydrogens (tertiary/aromatic N) is 3. The molecule has 1 aliphatic rings. The second-order valence-electron chi connectivity index (χ2n) is 8.46. The first-order valence-corrected chi connectivity index (χ1v) is 10.8. The van der Waals surface area contributed by atoms with Crippen LogP contribution in [0.1, 0.15) is 44.9 Å². The summed E-state index contributed by atoms with van der Waals surface area (Å²) in [4.78, 5) is 22.9. The minimum Gasteiger partial charge on any atom is -0.444 e. The summed E-state index contributed by atoms with van der Waals surface area (Å²) in [5, 5.41) is 3.42. The summed E-state index contributed by atoms with van der Waals surface area (Å²) in [6.07, 6.45) is -3.55. The van der Waals surface area contributed by atoms with Gasteiger partial charge in [0.25, 0.3) is 0 Å². The Morgan fingerprint density at radius 2 is 2.03 bits per heavy atom. The Labute approximate surface area is 181 Å². The summed E-state index contributed by atoms with van der Waals surface area (Å²) in [6, 6.07) is 1.48. The summed E-state index contributed by atoms with van der Waals surface area (Å²) >= 11 is 7.01. The average Bonchev–Trinajstić information content (AvgIpc) is 3.16. The molecule has 3 rings (SSSR count). The Morgan fingerprint density at radius 1 is 1.33 bits per heavy atom. The maximum Gasteiger partial charge on any atom is 0.407 e. The van der Waals surface area contributed by atoms with Crippen LogP contribution in [-0.2, 0) is 11.2 Å². The number of halogens is 4. The van der Waals surface area contributed by atoms with E-state index in [-0.39, 0.29) is 22.2 Å². The molecule has 0 spiro atoms. The lowest BCUT2D eigenvalue weighted by Gasteiger charge is -2.26. The average molecular weight is 465 g/mol. The van der Waals surface area contributed by atoms with E-state index >= 15 is 0 Å². The number of anilines is 1. The SMILES string of the molecule is CN(c1nc(Cl)nc2sc(CC(F)(F)F)cc12)[C@@H]1CC[C@H](NC(=O)OC(C)(C)C)C1. The lowest BCUT2D eigenvalue weighted by Crippen LogP contribution is -2.39. The van der Waals surface area contributed by atoms with E-state index in [4.69, 9.17) is 16.3 Å². The fraction of sp³-hybridized carbons (Fsp3) is 0.632. The molecule has 166 valence electrons. The molecule has 2 heterocycles. The van der Waals surface area contributed by atoms with Crippen molar-refractivity contribution in [1.29, 1.82) is 0 Å². The topological polar surface area (TPSA) is 67.4 Å². The van der Waals surface area contributed by atoms with Crippen molar-refractivity contribution in [3.63, 3.8) is 0 Å². The fourth-order valence-corrected chi connectivity index (χ4v) is 4.84. The molecule has 1 saturated carbocycles. The number of ether oxygens (including phenoxy) is 1. The van der Waals surface area contributed by atoms with Gasteiger partial charge in [0.05, 0.1) is 11.8 Å². The Morgan fingerprint density at radius 3 is 2.67 bits per heavy atom. The van der Waals surface area contributed by atoms with Gasteiger partial charge in [0.1, 0.15) is 16.2 Å². The van der Waals surface area contributed by atoms with Crippen LogP contribution < -0.4 is 10.2 Å². The van der Waals surface area contributed by atoms with Crippen molar-refractivity contribution in [1.82, 2.24) is 15.3 Å². The minimum atomic E-state index is -4.30. The first kappa shape index (κ1) is 22.9. The molecule has 1 amide bonds. The first-order chi connectivity index (χ1) is 13.8. The van der Waals surface area contributed by atoms with Crippen molar-refractivity contribution in [3.8, 4) is 0 Å². The third-order valence-corrected chi connectivity index (χ3v) is 5.98. The van der Waals surface area contributed by atoms with Crippen molar-refractivity contribution in [3.05, 3.63) is 16.2 Å². The third-order valence-electron chi connectivity index (χ3n) is 4.78. The molecule has 0 bridgehead atoms. The molecule has 11 heteroatoms. The van der Waals surface area contributed by atoms with Crippen LogP contribution in [0.5, 0.6) is 0 Å². The van der Waals surface area contributed by atoms with Crippen molar-refractivity contribution >= 4 is 45.1 Å². The zero-order chi connectivity index (χ0) is 22.3. The predicted octanol–water partition coefficient (Wildman–Crippen LogP) is 5.33. The highest BCUT2D eigenvalue weighted by Gasteiger charge is 2.33. The van der Waals surface area contributed by atoms with E-state index in [1.54, 1.807) is 20.8 Å². The minimum absolute atomic E-state index is 0.00816. The number of amides is 1. The second-order valence-corrected chi connectivity index (χ2v) is 9.91. The second kappa shape index (κ2) is 8.37. The Bertz CT molecular complexity index is 929. The van der Waals surface area contributed by atoms with Gasteiger partial charge in [-0.25, -0.2) is 9.78 Å². The molecule has 30 heavy (non-hydrogen) atoms. The molecular formula is C19H24ClF3N4O2S. The molecule has 2 atom stereocenters. The van der Waals surface area contributed by atoms with Gasteiger partial charge in [0.2, 0.25) is 5.28 Å². The molecule has 0 unspecified atom stereocenters. The van der Waals surface area contributed by atoms with Crippen LogP contribution in [0, 0.1) is 0 Å². The van der Waals surface area contributed by atoms with Gasteiger partial charge in [-0.3, -0.25) is 0 Å². The Balaban J connectivity index is 1.75. The van der Waals surface area contributed by atoms with Gasteiger partial charge in [-0.1, -0.05) is 0 Å². The summed E-state index contributed by atoms with van der Waals surface area (Å²) < 4.78 is 43.7. The highest BCUT2D eigenvalue weighted by Crippen LogP contribution is 2.37. The molecule has 2 aromatic heterocycles. The zero-order valence-electron chi connectivity index (χ0n) is 17.1. The van der Waals surface area contributed by atoms with E-state index in [0.29, 0.717) is 22.5 Å². The lowest BCUT2D eigenvalue weighted by molar-refractivity contribution is -0.126. The number of carbonyl (C=O) groups excluding carboxylic acids is 1. The normalized spacial score (nSPS) is 19.9. The van der Waals surface area contributed by atoms with Gasteiger partial charge in [0, 0.05) is 24.0 Å². The standard InChI is InChI=1S/C19H24ClF3N4O2S/c1-18(2,3)29-17(28)24-10-5-6-11(7-10)27(4)14-13-8-12(9-19(21,22)23)30-15(13)26-16(20)25-14/h8,10-11H,5-7,9H2,1-4H3,(H,24,28)/t10-,11+/m0/s1. The first-order valence-electron chi connectivity index (χ1n) is 9.56. The van der Waals surface area contributed by atoms with Crippen LogP contribution >= 0.6 is 22.9 Å². The van der Waals surface area contributed by atoms with Gasteiger partial charge in [-0.2, -0.15) is 18.2 Å². The molecule has 2 aromatic rings. The number of alkyl carbamates (subject to hydrolysis) is 1. The monoisotopic (exact) mass is 464 g/mol. The summed E-state index contributed by atoms with van der Waals surface area (Å²) in [6.45, 7) is 5.40. The van der Waals surface area contributed by atoms with E-state index in [9.17, 15) is 18.0 Å². The van der Waals surface area contributed by atoms with Crippen molar-refractivity contribution in [2.75, 3.05) is 11.9 Å². The molecule has 0 aliphatic heterocycles. The molecule has 0 radical (unpaired) electrons. The van der Waals surface area contributed by atoms with Crippen LogP contribution in [0.3, 0.4) is 0 Å². The number of rotatable bonds is 4. The zero-order valence-corrected chi connectivity index (χ0v) is 18.7. The molecule has 1 fully saturated rings. The van der Waals surface area contributed by atoms with E-state index in [1.165, 1.54) is 6.07 Å². The Kier molecular flexibility index (Phi) is 6.38. The van der Waals surface area contributed by atoms with Crippen molar-refractivity contribution in [2.24, 2.45) is 0 Å². The maximum atomic E-state index is 12.8. The van der Waals surface area contributed by atoms with Gasteiger partial charge >= 0.3 is 12.3 Å². The van der Waals surface area contributed by atoms with Gasteiger partial charge in [0.15, 0.2) is 0 Å². The maximum absolute atomic E-state index is 12.8. The van der Waals surface area contributed by atoms with Crippen LogP contribution in [0.25, 0.3) is 10.2 Å². The molecule has 6 nitrogen and oxygen atoms in total. The molecule has 1 aliphatic carbocycles. The van der Waals surface area contributed by atoms with Gasteiger partial charge in [-0.15, -0.1) is 11.3 Å². The smallest absolute Gasteiger partial charge is 0.407 e. The number of alkyl halides is 3. The van der Waals surface area contributed by atoms with Gasteiger partial charge in [-0.05, 0) is 57.7 Å². The fourth-order valence-electron chi connectivity index (χ4n) is 3.57. The van der Waals surface area contributed by atoms with E-state index < -0.39 is 24.3 Å². The third kappa shape index (κ3) is 5.87. The van der Waals surface area contributed by atoms with Crippen molar-refractivity contribution in [2.45, 2.75) is 70.3 Å². The Hall–Kier alpha value is -1.81. The molecule has 1 N–H and O–H groups in total. The molecule has 0 saturated heterocycles. The van der Waals surface area contributed by atoms with E-state index in [1.807, 2.05) is 11.9 Å². The van der Waals surface area contributed by atoms with E-state index in [0.717, 1.165) is 24.2 Å². The van der Waals surface area contributed by atoms with Crippen LogP contribution in [0.15, 0.2) is 6.07 Å². The van der Waals surface area contributed by atoms with Crippen LogP contribution in [0.2, 0.25) is 5.28 Å². The molecular weight excluding hydrogens is 441 g/mol. The lowest BCUT2D eigenvalue weighted by atomic mass is 10.2. The summed E-state index contributed by atoms with van der Waals surface area (Å²) in [5.41, 5.74) is -0.574. The van der Waals surface area contributed by atoms with Crippen LogP contribution in [0.4, 0.5) is 23.8 Å². The molecule has 0 aromatic carbocycles. The highest BCUT2D eigenvalue weighted by atomic mass is 35.5. The number of thiophene rings is 1. The van der Waals surface area contributed by atoms with Gasteiger partial charge < -0.3 is 15.0 Å². The summed E-state index contributed by atoms with van der Waals surface area (Å²) in [5.74, 6) is 0.498. The van der Waals surface area contributed by atoms with Crippen molar-refractivity contribution < 1.29 is 22.7 Å².